The number of aryl methyl sites for hydroxylation is 3. The molecule has 7 heteroatoms. The molecule has 2 aromatic heterocycles. The van der Waals surface area contributed by atoms with Crippen molar-refractivity contribution in [3.63, 3.8) is 0 Å². The van der Waals surface area contributed by atoms with Crippen molar-refractivity contribution in [1.29, 1.82) is 0 Å². The molecule has 5 nitrogen and oxygen atoms in total. The van der Waals surface area contributed by atoms with Crippen LogP contribution in [0.3, 0.4) is 0 Å². The molecule has 0 bridgehead atoms. The highest BCUT2D eigenvalue weighted by Crippen LogP contribution is 2.26. The molecule has 0 unspecified atom stereocenters. The van der Waals surface area contributed by atoms with Gasteiger partial charge in [0.05, 0.1) is 0 Å². The summed E-state index contributed by atoms with van der Waals surface area (Å²) in [5.74, 6) is 1.06. The molecule has 0 aliphatic heterocycles. The Hall–Kier alpha value is -1.15. The summed E-state index contributed by atoms with van der Waals surface area (Å²) in [6, 6.07) is 0. The van der Waals surface area contributed by atoms with Crippen molar-refractivity contribution >= 4 is 21.4 Å². The molecule has 2 aromatic rings. The van der Waals surface area contributed by atoms with E-state index in [0.29, 0.717) is 30.2 Å². The number of hydrogen-bond acceptors (Lipinski definition) is 5. The van der Waals surface area contributed by atoms with Crippen molar-refractivity contribution in [3.8, 4) is 0 Å². The number of furan rings is 1. The number of rotatable bonds is 6. The quantitative estimate of drug-likeness (QED) is 0.854. The summed E-state index contributed by atoms with van der Waals surface area (Å²) in [6.45, 7) is 6.18. The minimum Gasteiger partial charge on any atom is -0.465 e. The molecule has 0 aliphatic carbocycles. The second-order valence-corrected chi connectivity index (χ2v) is 7.40. The van der Waals surface area contributed by atoms with E-state index in [-0.39, 0.29) is 4.90 Å². The molecular weight excluding hydrogens is 308 g/mol. The minimum absolute atomic E-state index is 0.252. The Morgan fingerprint density at radius 1 is 1.14 bits per heavy atom. The largest absolute Gasteiger partial charge is 0.465 e. The zero-order chi connectivity index (χ0) is 15.6. The molecule has 0 saturated heterocycles. The summed E-state index contributed by atoms with van der Waals surface area (Å²) >= 11 is 1.57. The standard InChI is InChI=1S/C14H20N2O3S2/c1-9-7-20-8-12(9)5-16-21(17,18)14-11(3)19-10(2)13(14)6-15-4/h7-8,15-16H,5-6H2,1-4H3. The second-order valence-electron chi connectivity index (χ2n) is 4.96. The van der Waals surface area contributed by atoms with Gasteiger partial charge in [-0.15, -0.1) is 0 Å². The van der Waals surface area contributed by atoms with Gasteiger partial charge in [0.1, 0.15) is 16.4 Å². The molecule has 0 radical (unpaired) electrons. The number of sulfonamides is 1. The summed E-state index contributed by atoms with van der Waals surface area (Å²) in [7, 11) is -1.82. The SMILES string of the molecule is CNCc1c(C)oc(C)c1S(=O)(=O)NCc1cscc1C. The first kappa shape index (κ1) is 16.2. The van der Waals surface area contributed by atoms with Crippen LogP contribution >= 0.6 is 11.3 Å². The van der Waals surface area contributed by atoms with Crippen LogP contribution in [0.1, 0.15) is 28.2 Å². The Bertz CT molecular complexity index is 729. The molecule has 0 aromatic carbocycles. The molecule has 0 amide bonds. The highest BCUT2D eigenvalue weighted by atomic mass is 32.2. The third kappa shape index (κ3) is 3.37. The average Bonchev–Trinajstić information content (AvgIpc) is 2.92. The molecule has 21 heavy (non-hydrogen) atoms. The lowest BCUT2D eigenvalue weighted by Crippen LogP contribution is -2.25. The smallest absolute Gasteiger partial charge is 0.244 e. The summed E-state index contributed by atoms with van der Waals surface area (Å²) in [5.41, 5.74) is 2.78. The van der Waals surface area contributed by atoms with Crippen molar-refractivity contribution in [2.75, 3.05) is 7.05 Å². The molecule has 0 spiro atoms. The predicted octanol–water partition coefficient (Wildman–Crippen LogP) is 2.46. The van der Waals surface area contributed by atoms with Crippen LogP contribution < -0.4 is 10.0 Å². The highest BCUT2D eigenvalue weighted by Gasteiger charge is 2.26. The van der Waals surface area contributed by atoms with Crippen LogP contribution in [0.4, 0.5) is 0 Å². The normalized spacial score (nSPS) is 12.0. The molecule has 0 fully saturated rings. The fraction of sp³-hybridized carbons (Fsp3) is 0.429. The van der Waals surface area contributed by atoms with Gasteiger partial charge in [0.15, 0.2) is 0 Å². The van der Waals surface area contributed by atoms with Gasteiger partial charge in [-0.05, 0) is 49.7 Å². The zero-order valence-corrected chi connectivity index (χ0v) is 14.2. The van der Waals surface area contributed by atoms with Gasteiger partial charge in [0.25, 0.3) is 0 Å². The predicted molar refractivity (Wildman–Crippen MR) is 84.0 cm³/mol. The van der Waals surface area contributed by atoms with Crippen molar-refractivity contribution in [2.45, 2.75) is 38.8 Å². The monoisotopic (exact) mass is 328 g/mol. The maximum Gasteiger partial charge on any atom is 0.244 e. The van der Waals surface area contributed by atoms with Gasteiger partial charge in [0.2, 0.25) is 10.0 Å². The molecule has 0 atom stereocenters. The lowest BCUT2D eigenvalue weighted by Gasteiger charge is -2.08. The molecule has 2 N–H and O–H groups in total. The third-order valence-electron chi connectivity index (χ3n) is 3.36. The van der Waals surface area contributed by atoms with Gasteiger partial charge in [-0.2, -0.15) is 11.3 Å². The van der Waals surface area contributed by atoms with E-state index in [9.17, 15) is 8.42 Å². The first-order valence-corrected chi connectivity index (χ1v) is 9.04. The van der Waals surface area contributed by atoms with Gasteiger partial charge < -0.3 is 9.73 Å². The van der Waals surface area contributed by atoms with Crippen molar-refractivity contribution in [1.82, 2.24) is 10.0 Å². The van der Waals surface area contributed by atoms with Gasteiger partial charge in [-0.25, -0.2) is 13.1 Å². The molecule has 2 heterocycles. The highest BCUT2D eigenvalue weighted by molar-refractivity contribution is 7.89. The van der Waals surface area contributed by atoms with Crippen LogP contribution in [-0.2, 0) is 23.1 Å². The Kier molecular flexibility index (Phi) is 4.88. The van der Waals surface area contributed by atoms with Crippen LogP contribution in [0.25, 0.3) is 0 Å². The van der Waals surface area contributed by atoms with E-state index >= 15 is 0 Å². The maximum absolute atomic E-state index is 12.6. The van der Waals surface area contributed by atoms with Crippen LogP contribution in [0.15, 0.2) is 20.1 Å². The average molecular weight is 328 g/mol. The number of hydrogen-bond donors (Lipinski definition) is 2. The first-order valence-electron chi connectivity index (χ1n) is 6.61. The van der Waals surface area contributed by atoms with E-state index in [4.69, 9.17) is 4.42 Å². The molecule has 2 rings (SSSR count). The van der Waals surface area contributed by atoms with E-state index in [1.54, 1.807) is 32.2 Å². The van der Waals surface area contributed by atoms with Crippen molar-refractivity contribution < 1.29 is 12.8 Å². The molecule has 0 saturated carbocycles. The maximum atomic E-state index is 12.6. The Labute approximate surface area is 129 Å². The topological polar surface area (TPSA) is 71.3 Å². The van der Waals surface area contributed by atoms with E-state index in [1.807, 2.05) is 17.7 Å². The third-order valence-corrected chi connectivity index (χ3v) is 5.87. The van der Waals surface area contributed by atoms with E-state index in [1.165, 1.54) is 0 Å². The van der Waals surface area contributed by atoms with E-state index < -0.39 is 10.0 Å². The molecular formula is C14H20N2O3S2. The first-order chi connectivity index (χ1) is 9.86. The number of nitrogens with one attached hydrogen (secondary N) is 2. The Morgan fingerprint density at radius 3 is 2.43 bits per heavy atom. The van der Waals surface area contributed by atoms with Gasteiger partial charge in [-0.3, -0.25) is 0 Å². The van der Waals surface area contributed by atoms with Crippen LogP contribution in [0.5, 0.6) is 0 Å². The van der Waals surface area contributed by atoms with E-state index in [2.05, 4.69) is 10.0 Å². The number of thiophene rings is 1. The Balaban J connectivity index is 2.29. The van der Waals surface area contributed by atoms with Crippen molar-refractivity contribution in [3.05, 3.63) is 39.0 Å². The second kappa shape index (κ2) is 6.31. The van der Waals surface area contributed by atoms with Crippen LogP contribution in [0, 0.1) is 20.8 Å². The fourth-order valence-electron chi connectivity index (χ4n) is 2.26. The fourth-order valence-corrected chi connectivity index (χ4v) is 4.56. The summed E-state index contributed by atoms with van der Waals surface area (Å²) in [6.07, 6.45) is 0. The van der Waals surface area contributed by atoms with Gasteiger partial charge in [0, 0.05) is 18.7 Å². The van der Waals surface area contributed by atoms with Gasteiger partial charge in [-0.1, -0.05) is 0 Å². The minimum atomic E-state index is -3.59. The Morgan fingerprint density at radius 2 is 1.86 bits per heavy atom. The summed E-state index contributed by atoms with van der Waals surface area (Å²) < 4.78 is 33.3. The van der Waals surface area contributed by atoms with Crippen LogP contribution in [-0.4, -0.2) is 15.5 Å². The van der Waals surface area contributed by atoms with E-state index in [0.717, 1.165) is 11.1 Å². The summed E-state index contributed by atoms with van der Waals surface area (Å²) in [4.78, 5) is 0.252. The lowest BCUT2D eigenvalue weighted by atomic mass is 10.2. The zero-order valence-electron chi connectivity index (χ0n) is 12.6. The summed E-state index contributed by atoms with van der Waals surface area (Å²) in [5, 5.41) is 6.94. The van der Waals surface area contributed by atoms with Gasteiger partial charge >= 0.3 is 0 Å². The van der Waals surface area contributed by atoms with Crippen molar-refractivity contribution in [2.24, 2.45) is 0 Å². The molecule has 0 aliphatic rings. The lowest BCUT2D eigenvalue weighted by molar-refractivity contribution is 0.493. The molecule has 116 valence electrons. The van der Waals surface area contributed by atoms with Crippen LogP contribution in [0.2, 0.25) is 0 Å².